The van der Waals surface area contributed by atoms with E-state index < -0.39 is 5.60 Å². The maximum Gasteiger partial charge on any atom is 0.231 e. The molecule has 0 amide bonds. The van der Waals surface area contributed by atoms with Crippen LogP contribution in [-0.4, -0.2) is 48.5 Å². The third-order valence-electron chi connectivity index (χ3n) is 7.18. The number of fused-ring (bicyclic) bond motifs is 1. The van der Waals surface area contributed by atoms with E-state index >= 15 is 0 Å². The summed E-state index contributed by atoms with van der Waals surface area (Å²) in [6.07, 6.45) is 4.45. The molecule has 3 aliphatic rings. The lowest BCUT2D eigenvalue weighted by Crippen LogP contribution is -2.59. The summed E-state index contributed by atoms with van der Waals surface area (Å²) >= 11 is 3.75. The van der Waals surface area contributed by atoms with E-state index in [1.165, 1.54) is 10.0 Å². The Hall–Kier alpha value is -1.60. The van der Waals surface area contributed by atoms with Crippen LogP contribution in [0.1, 0.15) is 36.8 Å². The molecule has 5 rings (SSSR count). The first-order valence-electron chi connectivity index (χ1n) is 10.9. The molecule has 2 fully saturated rings. The number of aliphatic hydroxyl groups is 1. The third kappa shape index (κ3) is 3.75. The van der Waals surface area contributed by atoms with Crippen LogP contribution in [0, 0.1) is 0 Å². The molecule has 0 unspecified atom stereocenters. The Labute approximate surface area is 186 Å². The molecule has 6 heteroatoms. The number of piperazine rings is 1. The second-order valence-corrected chi connectivity index (χ2v) is 9.68. The van der Waals surface area contributed by atoms with Gasteiger partial charge in [0.25, 0.3) is 0 Å². The van der Waals surface area contributed by atoms with Gasteiger partial charge in [0.2, 0.25) is 6.79 Å². The zero-order valence-corrected chi connectivity index (χ0v) is 18.8. The van der Waals surface area contributed by atoms with Crippen molar-refractivity contribution in [3.63, 3.8) is 0 Å². The summed E-state index contributed by atoms with van der Waals surface area (Å²) < 4.78 is 12.2. The van der Waals surface area contributed by atoms with E-state index in [9.17, 15) is 5.11 Å². The molecule has 5 nitrogen and oxygen atoms in total. The topological polar surface area (TPSA) is 54.0 Å². The molecular weight excluding hydrogens is 444 g/mol. The second kappa shape index (κ2) is 8.15. The number of hydrogen-bond donors (Lipinski definition) is 2. The van der Waals surface area contributed by atoms with Gasteiger partial charge in [0, 0.05) is 36.2 Å². The molecule has 0 aromatic heterocycles. The predicted molar refractivity (Wildman–Crippen MR) is 120 cm³/mol. The molecule has 30 heavy (non-hydrogen) atoms. The molecule has 160 valence electrons. The van der Waals surface area contributed by atoms with E-state index in [0.29, 0.717) is 0 Å². The van der Waals surface area contributed by atoms with Crippen LogP contribution < -0.4 is 14.8 Å². The minimum Gasteiger partial charge on any atom is -0.454 e. The number of hydrogen-bond acceptors (Lipinski definition) is 5. The number of benzene rings is 2. The standard InChI is InChI=1S/C24H29BrN2O3/c25-20-4-2-1-3-18(20)16-23(27-13-11-26-12-14-27)7-9-24(28,10-8-23)19-5-6-21-22(15-19)30-17-29-21/h1-6,15,26,28H,7-14,16-17H2. The molecular formula is C24H29BrN2O3. The van der Waals surface area contributed by atoms with Crippen molar-refractivity contribution in [1.82, 2.24) is 10.2 Å². The fraction of sp³-hybridized carbons (Fsp3) is 0.500. The highest BCUT2D eigenvalue weighted by Crippen LogP contribution is 2.47. The van der Waals surface area contributed by atoms with E-state index in [1.54, 1.807) is 0 Å². The number of nitrogens with one attached hydrogen (secondary N) is 1. The van der Waals surface area contributed by atoms with Crippen molar-refractivity contribution < 1.29 is 14.6 Å². The van der Waals surface area contributed by atoms with Crippen molar-refractivity contribution in [2.24, 2.45) is 0 Å². The Morgan fingerprint density at radius 2 is 1.70 bits per heavy atom. The SMILES string of the molecule is OC1(c2ccc3c(c2)OCO3)CCC(Cc2ccccc2Br)(N2CCNCC2)CC1. The van der Waals surface area contributed by atoms with E-state index in [4.69, 9.17) is 9.47 Å². The van der Waals surface area contributed by atoms with Crippen LogP contribution in [0.25, 0.3) is 0 Å². The van der Waals surface area contributed by atoms with Crippen LogP contribution in [0.3, 0.4) is 0 Å². The van der Waals surface area contributed by atoms with Gasteiger partial charge in [-0.25, -0.2) is 0 Å². The first-order chi connectivity index (χ1) is 14.6. The molecule has 0 spiro atoms. The zero-order chi connectivity index (χ0) is 20.6. The molecule has 1 saturated heterocycles. The van der Waals surface area contributed by atoms with Crippen LogP contribution >= 0.6 is 15.9 Å². The Bertz CT molecular complexity index is 905. The molecule has 2 aromatic carbocycles. The largest absolute Gasteiger partial charge is 0.454 e. The maximum atomic E-state index is 11.6. The number of halogens is 1. The number of ether oxygens (including phenoxy) is 2. The van der Waals surface area contributed by atoms with Gasteiger partial charge in [0.15, 0.2) is 11.5 Å². The lowest BCUT2D eigenvalue weighted by molar-refractivity contribution is -0.0628. The summed E-state index contributed by atoms with van der Waals surface area (Å²) in [5.74, 6) is 1.51. The Morgan fingerprint density at radius 1 is 0.967 bits per heavy atom. The highest BCUT2D eigenvalue weighted by atomic mass is 79.9. The van der Waals surface area contributed by atoms with Crippen molar-refractivity contribution >= 4 is 15.9 Å². The third-order valence-corrected chi connectivity index (χ3v) is 7.96. The molecule has 0 bridgehead atoms. The minimum absolute atomic E-state index is 0.0779. The van der Waals surface area contributed by atoms with Gasteiger partial charge < -0.3 is 19.9 Å². The van der Waals surface area contributed by atoms with Crippen LogP contribution in [-0.2, 0) is 12.0 Å². The van der Waals surface area contributed by atoms with Gasteiger partial charge in [0.05, 0.1) is 5.60 Å². The van der Waals surface area contributed by atoms with Gasteiger partial charge in [0.1, 0.15) is 0 Å². The first-order valence-corrected chi connectivity index (χ1v) is 11.7. The first kappa shape index (κ1) is 20.3. The molecule has 2 aliphatic heterocycles. The highest BCUT2D eigenvalue weighted by molar-refractivity contribution is 9.10. The van der Waals surface area contributed by atoms with Crippen molar-refractivity contribution in [2.45, 2.75) is 43.2 Å². The van der Waals surface area contributed by atoms with Crippen LogP contribution in [0.5, 0.6) is 11.5 Å². The van der Waals surface area contributed by atoms with Gasteiger partial charge in [-0.3, -0.25) is 4.90 Å². The Kier molecular flexibility index (Phi) is 5.52. The smallest absolute Gasteiger partial charge is 0.231 e. The fourth-order valence-corrected chi connectivity index (χ4v) is 5.77. The monoisotopic (exact) mass is 472 g/mol. The molecule has 2 heterocycles. The molecule has 0 atom stereocenters. The average molecular weight is 473 g/mol. The minimum atomic E-state index is -0.813. The second-order valence-electron chi connectivity index (χ2n) is 8.83. The summed E-state index contributed by atoms with van der Waals surface area (Å²) in [4.78, 5) is 2.67. The van der Waals surface area contributed by atoms with Gasteiger partial charge in [-0.05, 0) is 61.4 Å². The van der Waals surface area contributed by atoms with Crippen molar-refractivity contribution in [2.75, 3.05) is 33.0 Å². The summed E-state index contributed by atoms with van der Waals surface area (Å²) in [5.41, 5.74) is 1.56. The quantitative estimate of drug-likeness (QED) is 0.707. The lowest BCUT2D eigenvalue weighted by atomic mass is 9.68. The van der Waals surface area contributed by atoms with Crippen LogP contribution in [0.15, 0.2) is 46.9 Å². The normalized spacial score (nSPS) is 29.1. The number of nitrogens with zero attached hydrogens (tertiary/aromatic N) is 1. The van der Waals surface area contributed by atoms with Gasteiger partial charge in [-0.15, -0.1) is 0 Å². The van der Waals surface area contributed by atoms with E-state index in [0.717, 1.165) is 75.3 Å². The lowest BCUT2D eigenvalue weighted by Gasteiger charge is -2.52. The summed E-state index contributed by atoms with van der Waals surface area (Å²) in [6, 6.07) is 14.4. The van der Waals surface area contributed by atoms with E-state index in [-0.39, 0.29) is 12.3 Å². The highest BCUT2D eigenvalue weighted by Gasteiger charge is 2.46. The molecule has 0 radical (unpaired) electrons. The van der Waals surface area contributed by atoms with E-state index in [2.05, 4.69) is 50.4 Å². The van der Waals surface area contributed by atoms with Crippen molar-refractivity contribution in [3.8, 4) is 11.5 Å². The zero-order valence-electron chi connectivity index (χ0n) is 17.2. The summed E-state index contributed by atoms with van der Waals surface area (Å²) in [6.45, 7) is 4.45. The van der Waals surface area contributed by atoms with Crippen molar-refractivity contribution in [3.05, 3.63) is 58.1 Å². The molecule has 1 saturated carbocycles. The van der Waals surface area contributed by atoms with Crippen molar-refractivity contribution in [1.29, 1.82) is 0 Å². The molecule has 1 aliphatic carbocycles. The van der Waals surface area contributed by atoms with Crippen LogP contribution in [0.4, 0.5) is 0 Å². The fourth-order valence-electron chi connectivity index (χ4n) is 5.34. The van der Waals surface area contributed by atoms with Gasteiger partial charge >= 0.3 is 0 Å². The predicted octanol–water partition coefficient (Wildman–Crippen LogP) is 3.83. The Morgan fingerprint density at radius 3 is 2.47 bits per heavy atom. The van der Waals surface area contributed by atoms with Gasteiger partial charge in [-0.1, -0.05) is 40.2 Å². The average Bonchev–Trinajstić information content (AvgIpc) is 3.26. The molecule has 2 aromatic rings. The Balaban J connectivity index is 1.40. The summed E-state index contributed by atoms with van der Waals surface area (Å²) in [5, 5.41) is 15.1. The van der Waals surface area contributed by atoms with Gasteiger partial charge in [-0.2, -0.15) is 0 Å². The molecule has 2 N–H and O–H groups in total. The summed E-state index contributed by atoms with van der Waals surface area (Å²) in [7, 11) is 0. The van der Waals surface area contributed by atoms with E-state index in [1.807, 2.05) is 18.2 Å². The maximum absolute atomic E-state index is 11.6. The number of rotatable bonds is 4. The van der Waals surface area contributed by atoms with Crippen LogP contribution in [0.2, 0.25) is 0 Å².